The van der Waals surface area contributed by atoms with Gasteiger partial charge in [-0.3, -0.25) is 0 Å². The molecule has 0 heterocycles. The van der Waals surface area contributed by atoms with Gasteiger partial charge in [-0.15, -0.1) is 6.42 Å². The fraction of sp³-hybridized carbons (Fsp3) is 0.308. The van der Waals surface area contributed by atoms with Crippen LogP contribution in [0.4, 0.5) is 0 Å². The Bertz CT molecular complexity index is 550. The number of terminal acetylenes is 1. The van der Waals surface area contributed by atoms with Crippen molar-refractivity contribution in [2.24, 2.45) is 0 Å². The van der Waals surface area contributed by atoms with Gasteiger partial charge in [0.05, 0.1) is 17.9 Å². The van der Waals surface area contributed by atoms with Crippen molar-refractivity contribution in [2.75, 3.05) is 12.4 Å². The van der Waals surface area contributed by atoms with Gasteiger partial charge in [0.1, 0.15) is 5.75 Å². The molecule has 0 aliphatic heterocycles. The predicted molar refractivity (Wildman–Crippen MR) is 68.7 cm³/mol. The highest BCUT2D eigenvalue weighted by Gasteiger charge is 2.11. The second-order valence-corrected chi connectivity index (χ2v) is 5.72. The van der Waals surface area contributed by atoms with E-state index in [1.54, 1.807) is 31.2 Å². The van der Waals surface area contributed by atoms with E-state index in [-0.39, 0.29) is 11.5 Å². The van der Waals surface area contributed by atoms with Gasteiger partial charge in [0.2, 0.25) is 0 Å². The first-order valence-corrected chi connectivity index (χ1v) is 7.20. The van der Waals surface area contributed by atoms with Gasteiger partial charge in [-0.2, -0.15) is 0 Å². The fourth-order valence-electron chi connectivity index (χ4n) is 1.38. The molecule has 96 valence electrons. The van der Waals surface area contributed by atoms with E-state index in [2.05, 4.69) is 5.92 Å². The maximum Gasteiger partial charge on any atom is 0.338 e. The highest BCUT2D eigenvalue weighted by atomic mass is 32.2. The Labute approximate surface area is 107 Å². The summed E-state index contributed by atoms with van der Waals surface area (Å²) in [4.78, 5) is 11.4. The van der Waals surface area contributed by atoms with Crippen LogP contribution in [0.5, 0.6) is 0 Å². The average Bonchev–Trinajstić information content (AvgIpc) is 2.29. The topological polar surface area (TPSA) is 60.4 Å². The monoisotopic (exact) mass is 266 g/mol. The molecule has 1 rings (SSSR count). The van der Waals surface area contributed by atoms with Crippen molar-refractivity contribution in [2.45, 2.75) is 12.7 Å². The molecule has 0 aromatic heterocycles. The Morgan fingerprint density at radius 1 is 1.33 bits per heavy atom. The number of hydrogen-bond donors (Lipinski definition) is 0. The molecule has 1 aromatic carbocycles. The lowest BCUT2D eigenvalue weighted by molar-refractivity contribution is 0.0526. The van der Waals surface area contributed by atoms with Gasteiger partial charge >= 0.3 is 5.97 Å². The number of carbonyl (C=O) groups excluding carboxylic acids is 1. The number of carbonyl (C=O) groups is 1. The molecule has 0 aliphatic rings. The zero-order chi connectivity index (χ0) is 13.6. The summed E-state index contributed by atoms with van der Waals surface area (Å²) in [7, 11) is -3.28. The molecule has 0 bridgehead atoms. The van der Waals surface area contributed by atoms with E-state index < -0.39 is 15.8 Å². The minimum Gasteiger partial charge on any atom is -0.462 e. The maximum atomic E-state index is 11.5. The quantitative estimate of drug-likeness (QED) is 0.597. The number of sulfone groups is 1. The molecule has 1 aromatic rings. The largest absolute Gasteiger partial charge is 0.462 e. The molecular weight excluding hydrogens is 252 g/mol. The van der Waals surface area contributed by atoms with Crippen molar-refractivity contribution < 1.29 is 17.9 Å². The maximum absolute atomic E-state index is 11.5. The average molecular weight is 266 g/mol. The molecule has 0 radical (unpaired) electrons. The Kier molecular flexibility index (Phi) is 4.93. The molecular formula is C13H14O4S. The van der Waals surface area contributed by atoms with Crippen LogP contribution < -0.4 is 0 Å². The Morgan fingerprint density at radius 3 is 2.44 bits per heavy atom. The third-order valence-electron chi connectivity index (χ3n) is 2.15. The van der Waals surface area contributed by atoms with E-state index in [0.29, 0.717) is 17.7 Å². The van der Waals surface area contributed by atoms with Gasteiger partial charge in [-0.05, 0) is 24.6 Å². The van der Waals surface area contributed by atoms with E-state index in [1.165, 1.54) is 0 Å². The van der Waals surface area contributed by atoms with Crippen LogP contribution in [-0.4, -0.2) is 26.7 Å². The van der Waals surface area contributed by atoms with Crippen LogP contribution in [0.25, 0.3) is 0 Å². The van der Waals surface area contributed by atoms with Crippen LogP contribution in [0, 0.1) is 12.3 Å². The van der Waals surface area contributed by atoms with E-state index in [4.69, 9.17) is 11.2 Å². The summed E-state index contributed by atoms with van der Waals surface area (Å²) in [6, 6.07) is 6.25. The Morgan fingerprint density at radius 2 is 1.94 bits per heavy atom. The first-order valence-electron chi connectivity index (χ1n) is 5.38. The summed E-state index contributed by atoms with van der Waals surface area (Å²) in [5.74, 6) is 1.28. The van der Waals surface area contributed by atoms with E-state index >= 15 is 0 Å². The molecule has 0 atom stereocenters. The molecule has 18 heavy (non-hydrogen) atoms. The van der Waals surface area contributed by atoms with Gasteiger partial charge in [0, 0.05) is 0 Å². The summed E-state index contributed by atoms with van der Waals surface area (Å²) in [6.07, 6.45) is 4.98. The highest BCUT2D eigenvalue weighted by molar-refractivity contribution is 7.90. The second kappa shape index (κ2) is 6.22. The molecule has 5 heteroatoms. The third kappa shape index (κ3) is 4.22. The first kappa shape index (κ1) is 14.3. The fourth-order valence-corrected chi connectivity index (χ4v) is 2.44. The smallest absolute Gasteiger partial charge is 0.338 e. The first-order chi connectivity index (χ1) is 8.48. The van der Waals surface area contributed by atoms with E-state index in [9.17, 15) is 13.2 Å². The molecule has 0 saturated heterocycles. The predicted octanol–water partition coefficient (Wildman–Crippen LogP) is 1.41. The van der Waals surface area contributed by atoms with Crippen LogP contribution in [-0.2, 0) is 20.3 Å². The lowest BCUT2D eigenvalue weighted by atomic mass is 10.1. The van der Waals surface area contributed by atoms with Gasteiger partial charge in [0.25, 0.3) is 0 Å². The molecule has 0 fully saturated rings. The van der Waals surface area contributed by atoms with Crippen molar-refractivity contribution in [1.29, 1.82) is 0 Å². The standard InChI is InChI=1S/C13H14O4S/c1-3-9-18(15,16)10-11-5-7-12(8-6-11)13(14)17-4-2/h1,5-8H,4,9-10H2,2H3. The highest BCUT2D eigenvalue weighted by Crippen LogP contribution is 2.10. The molecule has 0 N–H and O–H groups in total. The van der Waals surface area contributed by atoms with Crippen molar-refractivity contribution >= 4 is 15.8 Å². The summed E-state index contributed by atoms with van der Waals surface area (Å²) >= 11 is 0. The van der Waals surface area contributed by atoms with Gasteiger partial charge in [0.15, 0.2) is 9.84 Å². The zero-order valence-electron chi connectivity index (χ0n) is 10.0. The molecule has 0 unspecified atom stereocenters. The zero-order valence-corrected chi connectivity index (χ0v) is 10.9. The molecule has 0 amide bonds. The van der Waals surface area contributed by atoms with Crippen molar-refractivity contribution in [3.05, 3.63) is 35.4 Å². The minimum absolute atomic E-state index is 0.125. The van der Waals surface area contributed by atoms with Gasteiger partial charge in [-0.25, -0.2) is 13.2 Å². The Balaban J connectivity index is 2.78. The number of benzene rings is 1. The van der Waals surface area contributed by atoms with E-state index in [1.807, 2.05) is 0 Å². The molecule has 0 aliphatic carbocycles. The van der Waals surface area contributed by atoms with Crippen molar-refractivity contribution in [3.63, 3.8) is 0 Å². The summed E-state index contributed by atoms with van der Waals surface area (Å²) in [6.45, 7) is 2.02. The van der Waals surface area contributed by atoms with Gasteiger partial charge in [-0.1, -0.05) is 18.1 Å². The van der Waals surface area contributed by atoms with Crippen LogP contribution in [0.1, 0.15) is 22.8 Å². The number of hydrogen-bond acceptors (Lipinski definition) is 4. The summed E-state index contributed by atoms with van der Waals surface area (Å²) in [5.41, 5.74) is 0.994. The number of rotatable bonds is 5. The van der Waals surface area contributed by atoms with Crippen LogP contribution in [0.3, 0.4) is 0 Å². The number of ether oxygens (including phenoxy) is 1. The van der Waals surface area contributed by atoms with Crippen molar-refractivity contribution in [3.8, 4) is 12.3 Å². The van der Waals surface area contributed by atoms with Gasteiger partial charge < -0.3 is 4.74 Å². The molecule has 0 spiro atoms. The van der Waals surface area contributed by atoms with Crippen LogP contribution in [0.2, 0.25) is 0 Å². The number of esters is 1. The SMILES string of the molecule is C#CCS(=O)(=O)Cc1ccc(C(=O)OCC)cc1. The van der Waals surface area contributed by atoms with Crippen LogP contribution >= 0.6 is 0 Å². The third-order valence-corrected chi connectivity index (χ3v) is 3.53. The lowest BCUT2D eigenvalue weighted by Crippen LogP contribution is -2.08. The minimum atomic E-state index is -3.28. The second-order valence-electron chi connectivity index (χ2n) is 3.65. The molecule has 4 nitrogen and oxygen atoms in total. The van der Waals surface area contributed by atoms with Crippen LogP contribution in [0.15, 0.2) is 24.3 Å². The normalized spacial score (nSPS) is 10.7. The molecule has 0 saturated carbocycles. The lowest BCUT2D eigenvalue weighted by Gasteiger charge is -2.04. The summed E-state index contributed by atoms with van der Waals surface area (Å²) < 4.78 is 27.8. The van der Waals surface area contributed by atoms with E-state index in [0.717, 1.165) is 0 Å². The summed E-state index contributed by atoms with van der Waals surface area (Å²) in [5, 5.41) is 0. The van der Waals surface area contributed by atoms with Crippen molar-refractivity contribution in [1.82, 2.24) is 0 Å². The Hall–Kier alpha value is -1.80.